The molecule has 2 aliphatic rings. The molecule has 2 aromatic heterocycles. The molecular weight excluding hydrogens is 646 g/mol. The Kier molecular flexibility index (Phi) is 8.24. The second-order valence-corrected chi connectivity index (χ2v) is 12.9. The van der Waals surface area contributed by atoms with E-state index < -0.39 is 17.5 Å². The SMILES string of the molecule is C=C1C[C@@H](c2nc3ccc(C#Cc4ccc(-c5cnc([C@@H]6CCCN6C(=O)c6ccccc6F)[nH]5)cc4)cc3[nH]2)N(C(=O)c2ccccc2F)C1. The van der Waals surface area contributed by atoms with Gasteiger partial charge in [-0.1, -0.05) is 60.4 Å². The summed E-state index contributed by atoms with van der Waals surface area (Å²) in [6, 6.07) is 24.9. The lowest BCUT2D eigenvalue weighted by Gasteiger charge is -2.23. The number of benzene rings is 4. The highest BCUT2D eigenvalue weighted by Crippen LogP contribution is 2.36. The van der Waals surface area contributed by atoms with Crippen LogP contribution in [0.2, 0.25) is 0 Å². The molecule has 2 fully saturated rings. The van der Waals surface area contributed by atoms with Crippen molar-refractivity contribution in [1.29, 1.82) is 0 Å². The van der Waals surface area contributed by atoms with Gasteiger partial charge in [-0.25, -0.2) is 18.7 Å². The Balaban J connectivity index is 0.962. The predicted octanol–water partition coefficient (Wildman–Crippen LogP) is 7.75. The van der Waals surface area contributed by atoms with Crippen LogP contribution < -0.4 is 0 Å². The van der Waals surface area contributed by atoms with Gasteiger partial charge in [-0.15, -0.1) is 0 Å². The number of rotatable bonds is 5. The Bertz CT molecular complexity index is 2380. The van der Waals surface area contributed by atoms with E-state index in [9.17, 15) is 18.4 Å². The molecule has 252 valence electrons. The van der Waals surface area contributed by atoms with E-state index >= 15 is 0 Å². The topological polar surface area (TPSA) is 98.0 Å². The van der Waals surface area contributed by atoms with Crippen molar-refractivity contribution in [3.63, 3.8) is 0 Å². The molecule has 8 rings (SSSR count). The molecule has 51 heavy (non-hydrogen) atoms. The van der Waals surface area contributed by atoms with Gasteiger partial charge in [0.2, 0.25) is 0 Å². The summed E-state index contributed by atoms with van der Waals surface area (Å²) in [4.78, 5) is 45.8. The van der Waals surface area contributed by atoms with E-state index in [0.29, 0.717) is 31.2 Å². The zero-order valence-electron chi connectivity index (χ0n) is 27.5. The summed E-state index contributed by atoms with van der Waals surface area (Å²) < 4.78 is 28.8. The minimum Gasteiger partial charge on any atom is -0.340 e. The smallest absolute Gasteiger partial charge is 0.257 e. The van der Waals surface area contributed by atoms with Gasteiger partial charge in [0.05, 0.1) is 46.1 Å². The molecule has 2 aliphatic heterocycles. The summed E-state index contributed by atoms with van der Waals surface area (Å²) in [6.07, 6.45) is 3.86. The van der Waals surface area contributed by atoms with Gasteiger partial charge in [0, 0.05) is 24.2 Å². The first-order valence-electron chi connectivity index (χ1n) is 16.8. The van der Waals surface area contributed by atoms with E-state index in [4.69, 9.17) is 4.98 Å². The van der Waals surface area contributed by atoms with Crippen LogP contribution in [0.4, 0.5) is 8.78 Å². The van der Waals surface area contributed by atoms with E-state index in [2.05, 4.69) is 33.4 Å². The van der Waals surface area contributed by atoms with Crippen LogP contribution in [0, 0.1) is 23.5 Å². The van der Waals surface area contributed by atoms with E-state index in [1.807, 2.05) is 42.5 Å². The number of carbonyl (C=O) groups is 2. The van der Waals surface area contributed by atoms with Crippen molar-refractivity contribution in [1.82, 2.24) is 29.7 Å². The number of nitrogens with one attached hydrogen (secondary N) is 2. The van der Waals surface area contributed by atoms with Crippen LogP contribution in [0.25, 0.3) is 22.3 Å². The summed E-state index contributed by atoms with van der Waals surface area (Å²) in [5.74, 6) is 5.94. The minimum atomic E-state index is -0.555. The number of fused-ring (bicyclic) bond motifs is 1. The third-order valence-electron chi connectivity index (χ3n) is 9.51. The third kappa shape index (κ3) is 6.19. The van der Waals surface area contributed by atoms with E-state index in [0.717, 1.165) is 51.8 Å². The average molecular weight is 679 g/mol. The van der Waals surface area contributed by atoms with Gasteiger partial charge in [0.25, 0.3) is 11.8 Å². The fourth-order valence-corrected chi connectivity index (χ4v) is 6.92. The number of H-pyrrole nitrogens is 2. The van der Waals surface area contributed by atoms with Crippen LogP contribution in [-0.2, 0) is 0 Å². The highest BCUT2D eigenvalue weighted by atomic mass is 19.1. The molecule has 2 N–H and O–H groups in total. The molecular formula is C41H32F2N6O2. The highest BCUT2D eigenvalue weighted by molar-refractivity contribution is 5.95. The van der Waals surface area contributed by atoms with Crippen LogP contribution in [-0.4, -0.2) is 54.6 Å². The maximum Gasteiger partial charge on any atom is 0.257 e. The molecule has 2 atom stereocenters. The second-order valence-electron chi connectivity index (χ2n) is 12.9. The molecule has 2 saturated heterocycles. The number of nitrogens with zero attached hydrogens (tertiary/aromatic N) is 4. The number of halogens is 2. The second kappa shape index (κ2) is 13.2. The number of amides is 2. The largest absolute Gasteiger partial charge is 0.340 e. The Hall–Kier alpha value is -6.34. The van der Waals surface area contributed by atoms with E-state index in [1.165, 1.54) is 24.3 Å². The molecule has 10 heteroatoms. The van der Waals surface area contributed by atoms with Crippen molar-refractivity contribution in [3.05, 3.63) is 155 Å². The molecule has 0 bridgehead atoms. The Labute approximate surface area is 292 Å². The normalized spacial score (nSPS) is 17.2. The molecule has 0 spiro atoms. The van der Waals surface area contributed by atoms with Crippen LogP contribution in [0.3, 0.4) is 0 Å². The number of hydrogen-bond donors (Lipinski definition) is 2. The first kappa shape index (κ1) is 31.9. The molecule has 4 heterocycles. The highest BCUT2D eigenvalue weighted by Gasteiger charge is 2.36. The van der Waals surface area contributed by atoms with Crippen molar-refractivity contribution >= 4 is 22.8 Å². The predicted molar refractivity (Wildman–Crippen MR) is 189 cm³/mol. The first-order valence-corrected chi connectivity index (χ1v) is 16.8. The number of aromatic nitrogens is 4. The Morgan fingerprint density at radius 1 is 0.784 bits per heavy atom. The summed E-state index contributed by atoms with van der Waals surface area (Å²) in [5, 5.41) is 0. The monoisotopic (exact) mass is 678 g/mol. The van der Waals surface area contributed by atoms with Crippen LogP contribution in [0.15, 0.2) is 109 Å². The quantitative estimate of drug-likeness (QED) is 0.144. The number of carbonyl (C=O) groups excluding carboxylic acids is 2. The fraction of sp³-hybridized carbons (Fsp3) is 0.171. The molecule has 0 aliphatic carbocycles. The zero-order chi connectivity index (χ0) is 35.1. The van der Waals surface area contributed by atoms with Gasteiger partial charge in [0.15, 0.2) is 0 Å². The molecule has 4 aromatic carbocycles. The number of imidazole rings is 2. The minimum absolute atomic E-state index is 0.0275. The summed E-state index contributed by atoms with van der Waals surface area (Å²) in [5.41, 5.74) is 5.86. The maximum atomic E-state index is 14.4. The lowest BCUT2D eigenvalue weighted by Crippen LogP contribution is -2.31. The molecule has 0 saturated carbocycles. The average Bonchev–Trinajstić information content (AvgIpc) is 3.97. The Morgan fingerprint density at radius 2 is 1.45 bits per heavy atom. The van der Waals surface area contributed by atoms with Crippen molar-refractivity contribution in [2.24, 2.45) is 0 Å². The van der Waals surface area contributed by atoms with Crippen molar-refractivity contribution in [2.45, 2.75) is 31.3 Å². The van der Waals surface area contributed by atoms with Gasteiger partial charge >= 0.3 is 0 Å². The zero-order valence-corrected chi connectivity index (χ0v) is 27.5. The van der Waals surface area contributed by atoms with Crippen LogP contribution in [0.5, 0.6) is 0 Å². The van der Waals surface area contributed by atoms with Gasteiger partial charge in [0.1, 0.15) is 23.3 Å². The summed E-state index contributed by atoms with van der Waals surface area (Å²) in [7, 11) is 0. The van der Waals surface area contributed by atoms with Gasteiger partial charge in [-0.2, -0.15) is 0 Å². The van der Waals surface area contributed by atoms with Crippen LogP contribution >= 0.6 is 0 Å². The van der Waals surface area contributed by atoms with Crippen LogP contribution in [0.1, 0.15) is 74.8 Å². The van der Waals surface area contributed by atoms with Crippen molar-refractivity contribution < 1.29 is 18.4 Å². The Morgan fingerprint density at radius 3 is 2.18 bits per heavy atom. The molecule has 6 aromatic rings. The summed E-state index contributed by atoms with van der Waals surface area (Å²) in [6.45, 7) is 4.97. The standard InChI is InChI=1S/C41H32F2N6O2/c1-25-21-37(49(24-25)41(51)30-8-3-5-10-32(30)43)39-45-33-19-16-27(22-34(33)46-39)13-12-26-14-17-28(18-15-26)35-23-44-38(47-35)36-11-6-20-48(36)40(50)29-7-2-4-9-31(29)42/h2-5,7-10,14-19,22-23,36-37H,1,6,11,20-21,24H2,(H,44,47)(H,45,46)/t36-,37-/m0/s1. The maximum absolute atomic E-state index is 14.4. The van der Waals surface area contributed by atoms with Gasteiger partial charge in [-0.05, 0) is 79.4 Å². The lowest BCUT2D eigenvalue weighted by molar-refractivity contribution is 0.0719. The third-order valence-corrected chi connectivity index (χ3v) is 9.51. The van der Waals surface area contributed by atoms with Crippen molar-refractivity contribution in [3.8, 4) is 23.1 Å². The number of hydrogen-bond acceptors (Lipinski definition) is 4. The molecule has 8 nitrogen and oxygen atoms in total. The number of aromatic amines is 2. The van der Waals surface area contributed by atoms with E-state index in [1.54, 1.807) is 40.3 Å². The molecule has 2 amide bonds. The van der Waals surface area contributed by atoms with E-state index in [-0.39, 0.29) is 29.1 Å². The molecule has 0 radical (unpaired) electrons. The number of likely N-dealkylation sites (tertiary alicyclic amines) is 2. The molecule has 0 unspecified atom stereocenters. The van der Waals surface area contributed by atoms with Gasteiger partial charge < -0.3 is 19.8 Å². The summed E-state index contributed by atoms with van der Waals surface area (Å²) >= 11 is 0. The van der Waals surface area contributed by atoms with Gasteiger partial charge in [-0.3, -0.25) is 9.59 Å². The van der Waals surface area contributed by atoms with Crippen molar-refractivity contribution in [2.75, 3.05) is 13.1 Å². The first-order chi connectivity index (χ1) is 24.8. The fourth-order valence-electron chi connectivity index (χ4n) is 6.92. The lowest BCUT2D eigenvalue weighted by atomic mass is 10.1.